The zero-order chi connectivity index (χ0) is 36.6. The van der Waals surface area contributed by atoms with Gasteiger partial charge in [-0.3, -0.25) is 14.4 Å². The van der Waals surface area contributed by atoms with Gasteiger partial charge in [-0.15, -0.1) is 0 Å². The summed E-state index contributed by atoms with van der Waals surface area (Å²) in [6.45, 7) is 11.7. The number of nitrogens with two attached hydrogens (primary N) is 2. The maximum atomic E-state index is 11.9. The Morgan fingerprint density at radius 1 is 0.480 bits per heavy atom. The highest BCUT2D eigenvalue weighted by Crippen LogP contribution is 1.98. The van der Waals surface area contributed by atoms with Crippen LogP contribution in [0.1, 0.15) is 64.7 Å². The lowest BCUT2D eigenvalue weighted by Gasteiger charge is -2.12. The van der Waals surface area contributed by atoms with E-state index < -0.39 is 6.04 Å². The summed E-state index contributed by atoms with van der Waals surface area (Å²) in [6.07, 6.45) is 6.50. The fraction of sp³-hybridized carbons (Fsp3) is 0.912. The summed E-state index contributed by atoms with van der Waals surface area (Å²) >= 11 is 0. The molecule has 0 saturated carbocycles. The molecule has 0 fully saturated rings. The largest absolute Gasteiger partial charge is 0.379 e. The summed E-state index contributed by atoms with van der Waals surface area (Å²) in [5.41, 5.74) is 11.3. The summed E-state index contributed by atoms with van der Waals surface area (Å²) in [6, 6.07) is -0.483. The van der Waals surface area contributed by atoms with Gasteiger partial charge in [-0.05, 0) is 38.6 Å². The summed E-state index contributed by atoms with van der Waals surface area (Å²) in [5.74, 6) is -0.181. The van der Waals surface area contributed by atoms with Gasteiger partial charge in [0.2, 0.25) is 17.7 Å². The number of hydrogen-bond acceptors (Lipinski definition) is 13. The molecule has 3 amide bonds. The van der Waals surface area contributed by atoms with Gasteiger partial charge in [0, 0.05) is 45.7 Å². The zero-order valence-electron chi connectivity index (χ0n) is 30.7. The topological polar surface area (TPSA) is 213 Å². The van der Waals surface area contributed by atoms with Crippen LogP contribution >= 0.6 is 0 Å². The van der Waals surface area contributed by atoms with Crippen LogP contribution in [0.25, 0.3) is 0 Å². The lowest BCUT2D eigenvalue weighted by atomic mass is 10.1. The SMILES string of the molecule is CCCCNC(=O)CCOCCOCCOCCOCCOCCC(=O)NCCCOCCOCCOCCCNC(=O)[C@@H](N)CCCCN. The van der Waals surface area contributed by atoms with Gasteiger partial charge in [0.25, 0.3) is 0 Å². The van der Waals surface area contributed by atoms with Crippen molar-refractivity contribution in [2.45, 2.75) is 70.8 Å². The number of carbonyl (C=O) groups is 3. The van der Waals surface area contributed by atoms with E-state index in [1.54, 1.807) is 0 Å². The summed E-state index contributed by atoms with van der Waals surface area (Å²) < 4.78 is 43.7. The van der Waals surface area contributed by atoms with E-state index in [4.69, 9.17) is 49.4 Å². The van der Waals surface area contributed by atoms with Crippen LogP contribution in [0.15, 0.2) is 0 Å². The Labute approximate surface area is 300 Å². The molecule has 0 spiro atoms. The molecule has 0 aromatic rings. The second-order valence-electron chi connectivity index (χ2n) is 11.3. The second-order valence-corrected chi connectivity index (χ2v) is 11.3. The molecule has 0 bridgehead atoms. The molecule has 1 atom stereocenters. The second kappa shape index (κ2) is 39.8. The molecule has 0 aliphatic rings. The third kappa shape index (κ3) is 37.3. The summed E-state index contributed by atoms with van der Waals surface area (Å²) in [4.78, 5) is 35.3. The number of carbonyl (C=O) groups excluding carboxylic acids is 3. The molecular formula is C34H69N5O11. The smallest absolute Gasteiger partial charge is 0.236 e. The molecule has 0 aromatic carbocycles. The van der Waals surface area contributed by atoms with Crippen molar-refractivity contribution in [1.82, 2.24) is 16.0 Å². The maximum Gasteiger partial charge on any atom is 0.236 e. The predicted octanol–water partition coefficient (Wildman–Crippen LogP) is 0.285. The van der Waals surface area contributed by atoms with Gasteiger partial charge in [0.05, 0.1) is 98.5 Å². The minimum atomic E-state index is -0.483. The van der Waals surface area contributed by atoms with Crippen LogP contribution in [-0.2, 0) is 52.3 Å². The third-order valence-electron chi connectivity index (χ3n) is 6.89. The van der Waals surface area contributed by atoms with E-state index in [2.05, 4.69) is 22.9 Å². The molecule has 0 radical (unpaired) electrons. The zero-order valence-corrected chi connectivity index (χ0v) is 30.7. The molecule has 0 aromatic heterocycles. The van der Waals surface area contributed by atoms with Gasteiger partial charge in [-0.25, -0.2) is 0 Å². The van der Waals surface area contributed by atoms with Crippen molar-refractivity contribution in [3.05, 3.63) is 0 Å². The molecule has 7 N–H and O–H groups in total. The third-order valence-corrected chi connectivity index (χ3v) is 6.89. The van der Waals surface area contributed by atoms with Gasteiger partial charge in [0.1, 0.15) is 0 Å². The molecule has 50 heavy (non-hydrogen) atoms. The van der Waals surface area contributed by atoms with Crippen molar-refractivity contribution in [3.63, 3.8) is 0 Å². The lowest BCUT2D eigenvalue weighted by molar-refractivity contribution is -0.123. The first-order valence-corrected chi connectivity index (χ1v) is 18.4. The van der Waals surface area contributed by atoms with E-state index in [9.17, 15) is 14.4 Å². The highest BCUT2D eigenvalue weighted by Gasteiger charge is 2.11. The molecular weight excluding hydrogens is 654 g/mol. The number of rotatable bonds is 40. The van der Waals surface area contributed by atoms with Crippen molar-refractivity contribution in [2.75, 3.05) is 132 Å². The van der Waals surface area contributed by atoms with Crippen molar-refractivity contribution < 1.29 is 52.3 Å². The first-order valence-electron chi connectivity index (χ1n) is 18.4. The Balaban J connectivity index is 3.25. The van der Waals surface area contributed by atoms with E-state index in [0.717, 1.165) is 32.2 Å². The van der Waals surface area contributed by atoms with Gasteiger partial charge in [0.15, 0.2) is 0 Å². The Kier molecular flexibility index (Phi) is 38.2. The van der Waals surface area contributed by atoms with Crippen LogP contribution in [0.5, 0.6) is 0 Å². The van der Waals surface area contributed by atoms with Gasteiger partial charge < -0.3 is 65.3 Å². The molecule has 0 unspecified atom stereocenters. The average Bonchev–Trinajstić information content (AvgIpc) is 3.11. The Bertz CT molecular complexity index is 771. The van der Waals surface area contributed by atoms with Crippen LogP contribution < -0.4 is 27.4 Å². The molecule has 16 nitrogen and oxygen atoms in total. The Hall–Kier alpha value is -1.99. The number of ether oxygens (including phenoxy) is 8. The van der Waals surface area contributed by atoms with Crippen molar-refractivity contribution in [3.8, 4) is 0 Å². The number of amides is 3. The summed E-state index contributed by atoms with van der Waals surface area (Å²) in [7, 11) is 0. The standard InChI is InChI=1S/C34H69N5O11/c1-2-3-12-37-32(40)9-17-45-21-25-48-27-29-50-30-28-49-26-22-46-18-10-33(41)38-13-6-15-43-19-23-47-24-20-44-16-7-14-39-34(42)31(36)8-4-5-11-35/h31H,2-30,35-36H2,1H3,(H,37,40)(H,38,41)(H,39,42)/t31-/m0/s1. The molecule has 0 rings (SSSR count). The first kappa shape index (κ1) is 48.0. The highest BCUT2D eigenvalue weighted by molar-refractivity contribution is 5.81. The Morgan fingerprint density at radius 3 is 1.24 bits per heavy atom. The van der Waals surface area contributed by atoms with Crippen LogP contribution in [-0.4, -0.2) is 156 Å². The molecule has 0 heterocycles. The van der Waals surface area contributed by atoms with E-state index in [-0.39, 0.29) is 24.1 Å². The van der Waals surface area contributed by atoms with E-state index in [1.165, 1.54) is 0 Å². The van der Waals surface area contributed by atoms with Crippen molar-refractivity contribution in [1.29, 1.82) is 0 Å². The van der Waals surface area contributed by atoms with Crippen LogP contribution in [0.2, 0.25) is 0 Å². The van der Waals surface area contributed by atoms with Crippen molar-refractivity contribution in [2.24, 2.45) is 11.5 Å². The van der Waals surface area contributed by atoms with E-state index >= 15 is 0 Å². The average molecular weight is 724 g/mol. The van der Waals surface area contributed by atoms with E-state index in [0.29, 0.717) is 151 Å². The van der Waals surface area contributed by atoms with Gasteiger partial charge in [-0.2, -0.15) is 0 Å². The number of unbranched alkanes of at least 4 members (excludes halogenated alkanes) is 2. The van der Waals surface area contributed by atoms with Crippen molar-refractivity contribution >= 4 is 17.7 Å². The maximum absolute atomic E-state index is 11.9. The minimum absolute atomic E-state index is 0.0164. The monoisotopic (exact) mass is 723 g/mol. The minimum Gasteiger partial charge on any atom is -0.379 e. The van der Waals surface area contributed by atoms with Gasteiger partial charge in [-0.1, -0.05) is 19.8 Å². The predicted molar refractivity (Wildman–Crippen MR) is 190 cm³/mol. The van der Waals surface area contributed by atoms with Crippen LogP contribution in [0.3, 0.4) is 0 Å². The highest BCUT2D eigenvalue weighted by atomic mass is 16.6. The fourth-order valence-electron chi connectivity index (χ4n) is 3.99. The van der Waals surface area contributed by atoms with Crippen LogP contribution in [0, 0.1) is 0 Å². The molecule has 16 heteroatoms. The Morgan fingerprint density at radius 2 is 0.840 bits per heavy atom. The van der Waals surface area contributed by atoms with E-state index in [1.807, 2.05) is 0 Å². The fourth-order valence-corrected chi connectivity index (χ4v) is 3.99. The number of nitrogens with one attached hydrogen (secondary N) is 3. The van der Waals surface area contributed by atoms with Crippen LogP contribution in [0.4, 0.5) is 0 Å². The van der Waals surface area contributed by atoms with Gasteiger partial charge >= 0.3 is 0 Å². The normalized spacial score (nSPS) is 11.8. The lowest BCUT2D eigenvalue weighted by Crippen LogP contribution is -2.41. The number of hydrogen-bond donors (Lipinski definition) is 5. The molecule has 0 aliphatic carbocycles. The molecule has 296 valence electrons. The quantitative estimate of drug-likeness (QED) is 0.0539. The first-order chi connectivity index (χ1) is 24.5. The molecule has 0 aliphatic heterocycles. The summed E-state index contributed by atoms with van der Waals surface area (Å²) in [5, 5.41) is 8.52. The molecule has 0 saturated heterocycles.